The molecule has 0 aromatic heterocycles. The Morgan fingerprint density at radius 3 is 1.57 bits per heavy atom. The smallest absolute Gasteiger partial charge is 0.332 e. The van der Waals surface area contributed by atoms with E-state index in [9.17, 15) is 9.59 Å². The highest BCUT2D eigenvalue weighted by Crippen LogP contribution is 2.37. The van der Waals surface area contributed by atoms with Gasteiger partial charge in [0.1, 0.15) is 5.54 Å². The Morgan fingerprint density at radius 1 is 0.714 bits per heavy atom. The van der Waals surface area contributed by atoms with Gasteiger partial charge in [-0.05, 0) is 53.9 Å². The van der Waals surface area contributed by atoms with Gasteiger partial charge in [-0.25, -0.2) is 9.59 Å². The summed E-state index contributed by atoms with van der Waals surface area (Å²) in [7, 11) is 0. The van der Waals surface area contributed by atoms with Gasteiger partial charge in [-0.15, -0.1) is 0 Å². The summed E-state index contributed by atoms with van der Waals surface area (Å²) in [4.78, 5) is 25.7. The van der Waals surface area contributed by atoms with Crippen LogP contribution in [0.15, 0.2) is 0 Å². The van der Waals surface area contributed by atoms with Crippen LogP contribution in [0.1, 0.15) is 144 Å². The summed E-state index contributed by atoms with van der Waals surface area (Å²) in [5, 5.41) is 9.34. The number of unbranched alkanes of at least 4 members (excludes halogenated alkanes) is 13. The van der Waals surface area contributed by atoms with Gasteiger partial charge in [0.15, 0.2) is 0 Å². The third kappa shape index (κ3) is 13.5. The minimum atomic E-state index is -1.02. The molecule has 2 amide bonds. The molecule has 1 saturated heterocycles. The van der Waals surface area contributed by atoms with Crippen molar-refractivity contribution in [3.8, 4) is 0 Å². The summed E-state index contributed by atoms with van der Waals surface area (Å²) in [6, 6.07) is -0.311. The zero-order valence-corrected chi connectivity index (χ0v) is 24.0. The van der Waals surface area contributed by atoms with Crippen molar-refractivity contribution in [3.63, 3.8) is 0 Å². The van der Waals surface area contributed by atoms with Gasteiger partial charge < -0.3 is 20.7 Å². The molecule has 0 aromatic carbocycles. The molecule has 1 aliphatic heterocycles. The topological polar surface area (TPSA) is 79.5 Å². The lowest BCUT2D eigenvalue weighted by Crippen LogP contribution is -2.71. The van der Waals surface area contributed by atoms with Crippen LogP contribution >= 0.6 is 0 Å². The van der Waals surface area contributed by atoms with E-state index in [0.717, 1.165) is 12.8 Å². The molecule has 1 fully saturated rings. The monoisotopic (exact) mass is 495 g/mol. The van der Waals surface area contributed by atoms with E-state index < -0.39 is 5.54 Å². The molecule has 206 valence electrons. The zero-order chi connectivity index (χ0) is 26.2. The maximum Gasteiger partial charge on any atom is 0.332 e. The molecule has 1 aliphatic rings. The lowest BCUT2D eigenvalue weighted by Gasteiger charge is -2.51. The molecule has 0 bridgehead atoms. The number of hydrogen-bond donors (Lipinski definition) is 3. The van der Waals surface area contributed by atoms with Crippen LogP contribution in [0.5, 0.6) is 0 Å². The first-order valence-corrected chi connectivity index (χ1v) is 14.6. The fourth-order valence-electron chi connectivity index (χ4n) is 5.88. The molecule has 0 atom stereocenters. The second-order valence-electron chi connectivity index (χ2n) is 12.0. The van der Waals surface area contributed by atoms with Crippen molar-refractivity contribution in [1.82, 2.24) is 16.0 Å². The fourth-order valence-corrected chi connectivity index (χ4v) is 5.88. The van der Waals surface area contributed by atoms with Gasteiger partial charge in [-0.3, -0.25) is 0 Å². The molecule has 1 heterocycles. The minimum Gasteiger partial charge on any atom is -0.464 e. The molecule has 1 rings (SSSR count). The number of amides is 2. The number of carbonyl (C=O) groups is 2. The standard InChI is InChI=1S/C29H57N3O3/c1-7-9-10-11-12-13-14-15-16-17-18-19-20-21-22-35-25(33)29(31-26(34)30-8-2)23-27(3,4)32-28(5,6)24-29/h32H,7-24H2,1-6H3,(H2,30,31,34). The SMILES string of the molecule is CCCCCCCCCCCCCCCCOC(=O)C1(NC(=O)NCC)CC(C)(C)NC(C)(C)C1. The van der Waals surface area contributed by atoms with E-state index in [2.05, 4.69) is 50.6 Å². The first-order chi connectivity index (χ1) is 16.6. The molecular formula is C29H57N3O3. The molecule has 6 nitrogen and oxygen atoms in total. The Bertz CT molecular complexity index is 588. The van der Waals surface area contributed by atoms with Gasteiger partial charge in [-0.1, -0.05) is 90.4 Å². The Kier molecular flexibility index (Phi) is 14.9. The number of carbonyl (C=O) groups excluding carboxylic acids is 2. The van der Waals surface area contributed by atoms with Crippen molar-refractivity contribution in [3.05, 3.63) is 0 Å². The van der Waals surface area contributed by atoms with Crippen LogP contribution in [0.4, 0.5) is 4.79 Å². The Balaban J connectivity index is 2.29. The molecule has 0 spiro atoms. The van der Waals surface area contributed by atoms with Gasteiger partial charge in [0.25, 0.3) is 0 Å². The third-order valence-electron chi connectivity index (χ3n) is 6.98. The molecule has 0 unspecified atom stereocenters. The van der Waals surface area contributed by atoms with Crippen LogP contribution in [0.3, 0.4) is 0 Å². The van der Waals surface area contributed by atoms with Crippen LogP contribution in [-0.2, 0) is 9.53 Å². The molecule has 35 heavy (non-hydrogen) atoms. The van der Waals surface area contributed by atoms with E-state index in [1.54, 1.807) is 0 Å². The number of nitrogens with one attached hydrogen (secondary N) is 3. The average molecular weight is 496 g/mol. The first kappa shape index (κ1) is 31.7. The predicted octanol–water partition coefficient (Wildman–Crippen LogP) is 7.01. The lowest BCUT2D eigenvalue weighted by molar-refractivity contribution is -0.155. The van der Waals surface area contributed by atoms with Crippen molar-refractivity contribution in [2.24, 2.45) is 0 Å². The molecule has 0 aromatic rings. The summed E-state index contributed by atoms with van der Waals surface area (Å²) in [6.07, 6.45) is 19.2. The number of rotatable bonds is 18. The van der Waals surface area contributed by atoms with Crippen LogP contribution in [-0.4, -0.2) is 41.8 Å². The highest BCUT2D eigenvalue weighted by Gasteiger charge is 2.53. The second-order valence-corrected chi connectivity index (χ2v) is 12.0. The molecule has 0 saturated carbocycles. The van der Waals surface area contributed by atoms with E-state index in [1.165, 1.54) is 77.0 Å². The van der Waals surface area contributed by atoms with E-state index in [-0.39, 0.29) is 23.1 Å². The summed E-state index contributed by atoms with van der Waals surface area (Å²) in [5.74, 6) is -0.305. The highest BCUT2D eigenvalue weighted by atomic mass is 16.5. The molecule has 0 aliphatic carbocycles. The fraction of sp³-hybridized carbons (Fsp3) is 0.931. The van der Waals surface area contributed by atoms with Gasteiger partial charge in [0, 0.05) is 17.6 Å². The van der Waals surface area contributed by atoms with E-state index in [0.29, 0.717) is 26.0 Å². The zero-order valence-electron chi connectivity index (χ0n) is 24.0. The largest absolute Gasteiger partial charge is 0.464 e. The van der Waals surface area contributed by atoms with E-state index in [1.807, 2.05) is 6.92 Å². The van der Waals surface area contributed by atoms with Crippen LogP contribution in [0.2, 0.25) is 0 Å². The molecule has 3 N–H and O–H groups in total. The van der Waals surface area contributed by atoms with E-state index in [4.69, 9.17) is 4.74 Å². The minimum absolute atomic E-state index is 0.296. The summed E-state index contributed by atoms with van der Waals surface area (Å²) in [5.41, 5.74) is -1.61. The average Bonchev–Trinajstić information content (AvgIpc) is 2.74. The number of piperidine rings is 1. The first-order valence-electron chi connectivity index (χ1n) is 14.6. The normalized spacial score (nSPS) is 18.1. The Hall–Kier alpha value is -1.30. The quantitative estimate of drug-likeness (QED) is 0.141. The summed E-state index contributed by atoms with van der Waals surface area (Å²) in [6.45, 7) is 13.4. The molecule has 0 radical (unpaired) electrons. The third-order valence-corrected chi connectivity index (χ3v) is 6.98. The second kappa shape index (κ2) is 16.4. The Morgan fingerprint density at radius 2 is 1.14 bits per heavy atom. The van der Waals surface area contributed by atoms with Crippen LogP contribution in [0.25, 0.3) is 0 Å². The number of urea groups is 1. The van der Waals surface area contributed by atoms with Crippen molar-refractivity contribution in [2.75, 3.05) is 13.2 Å². The number of esters is 1. The van der Waals surface area contributed by atoms with Crippen LogP contribution in [0, 0.1) is 0 Å². The van der Waals surface area contributed by atoms with E-state index >= 15 is 0 Å². The maximum absolute atomic E-state index is 13.3. The van der Waals surface area contributed by atoms with Gasteiger partial charge in [0.05, 0.1) is 6.61 Å². The highest BCUT2D eigenvalue weighted by molar-refractivity contribution is 5.88. The van der Waals surface area contributed by atoms with Gasteiger partial charge >= 0.3 is 12.0 Å². The van der Waals surface area contributed by atoms with Crippen molar-refractivity contribution < 1.29 is 14.3 Å². The lowest BCUT2D eigenvalue weighted by atomic mass is 9.70. The molecule has 6 heteroatoms. The van der Waals surface area contributed by atoms with Gasteiger partial charge in [-0.2, -0.15) is 0 Å². The van der Waals surface area contributed by atoms with Crippen molar-refractivity contribution in [1.29, 1.82) is 0 Å². The van der Waals surface area contributed by atoms with Crippen molar-refractivity contribution in [2.45, 2.75) is 161 Å². The molecular weight excluding hydrogens is 438 g/mol. The summed E-state index contributed by atoms with van der Waals surface area (Å²) < 4.78 is 5.75. The Labute approximate surface area is 216 Å². The predicted molar refractivity (Wildman–Crippen MR) is 147 cm³/mol. The number of hydrogen-bond acceptors (Lipinski definition) is 4. The van der Waals surface area contributed by atoms with Crippen LogP contribution < -0.4 is 16.0 Å². The maximum atomic E-state index is 13.3. The number of ether oxygens (including phenoxy) is 1. The van der Waals surface area contributed by atoms with Gasteiger partial charge in [0.2, 0.25) is 0 Å². The van der Waals surface area contributed by atoms with Crippen molar-refractivity contribution >= 4 is 12.0 Å². The summed E-state index contributed by atoms with van der Waals surface area (Å²) >= 11 is 0.